The molecule has 2 rings (SSSR count). The monoisotopic (exact) mass is 322 g/mol. The number of imidazole rings is 1. The van der Waals surface area contributed by atoms with Crippen molar-refractivity contribution in [2.24, 2.45) is 11.7 Å². The number of nitrogens with one attached hydrogen (secondary N) is 1. The van der Waals surface area contributed by atoms with E-state index in [0.717, 1.165) is 38.1 Å². The van der Waals surface area contributed by atoms with Gasteiger partial charge in [0.2, 0.25) is 5.91 Å². The zero-order valence-electron chi connectivity index (χ0n) is 14.5. The molecule has 1 aliphatic carbocycles. The number of ether oxygens (including phenoxy) is 1. The highest BCUT2D eigenvalue weighted by Crippen LogP contribution is 2.25. The van der Waals surface area contributed by atoms with Gasteiger partial charge in [0.25, 0.3) is 0 Å². The third-order valence-electron chi connectivity index (χ3n) is 4.66. The number of nitrogens with two attached hydrogens (primary N) is 1. The number of carbonyl (C=O) groups excluding carboxylic acids is 1. The smallest absolute Gasteiger partial charge is 0.223 e. The fourth-order valence-electron chi connectivity index (χ4n) is 3.28. The standard InChI is InChI=1S/C17H30N4O2/c1-12(2)16-19-8-10-21(16)9-4-7-20-17(22)13-5-6-14(18)15(11-13)23-3/h8,10,12-15H,4-7,9,11,18H2,1-3H3,(H,20,22)/t13-,14+,15+/m0/s1. The molecule has 0 aliphatic heterocycles. The lowest BCUT2D eigenvalue weighted by Gasteiger charge is -2.32. The molecular formula is C17H30N4O2. The van der Waals surface area contributed by atoms with E-state index < -0.39 is 0 Å². The Morgan fingerprint density at radius 2 is 2.30 bits per heavy atom. The van der Waals surface area contributed by atoms with E-state index in [1.54, 1.807) is 7.11 Å². The summed E-state index contributed by atoms with van der Waals surface area (Å²) >= 11 is 0. The van der Waals surface area contributed by atoms with Gasteiger partial charge in [0.05, 0.1) is 6.10 Å². The SMILES string of the molecule is CO[C@@H]1C[C@@H](C(=O)NCCCn2ccnc2C(C)C)CC[C@H]1N. The average molecular weight is 322 g/mol. The average Bonchev–Trinajstić information content (AvgIpc) is 3.00. The van der Waals surface area contributed by atoms with Crippen LogP contribution >= 0.6 is 0 Å². The molecule has 23 heavy (non-hydrogen) atoms. The minimum absolute atomic E-state index is 0.000881. The Bertz CT molecular complexity index is 501. The highest BCUT2D eigenvalue weighted by molar-refractivity contribution is 5.78. The van der Waals surface area contributed by atoms with E-state index in [1.807, 2.05) is 12.4 Å². The number of aromatic nitrogens is 2. The lowest BCUT2D eigenvalue weighted by Crippen LogP contribution is -2.45. The molecule has 0 spiro atoms. The number of carbonyl (C=O) groups is 1. The fourth-order valence-corrected chi connectivity index (χ4v) is 3.28. The van der Waals surface area contributed by atoms with Gasteiger partial charge in [0.1, 0.15) is 5.82 Å². The Kier molecular flexibility index (Phi) is 6.59. The summed E-state index contributed by atoms with van der Waals surface area (Å²) in [4.78, 5) is 16.7. The van der Waals surface area contributed by atoms with Crippen LogP contribution in [0.25, 0.3) is 0 Å². The van der Waals surface area contributed by atoms with E-state index in [0.29, 0.717) is 12.5 Å². The van der Waals surface area contributed by atoms with E-state index in [4.69, 9.17) is 10.5 Å². The lowest BCUT2D eigenvalue weighted by molar-refractivity contribution is -0.127. The van der Waals surface area contributed by atoms with Crippen LogP contribution in [0.1, 0.15) is 51.3 Å². The van der Waals surface area contributed by atoms with E-state index in [1.165, 1.54) is 0 Å². The maximum absolute atomic E-state index is 12.3. The summed E-state index contributed by atoms with van der Waals surface area (Å²) in [6, 6.07) is 0.0553. The van der Waals surface area contributed by atoms with E-state index >= 15 is 0 Å². The van der Waals surface area contributed by atoms with Gasteiger partial charge in [0.15, 0.2) is 0 Å². The van der Waals surface area contributed by atoms with Gasteiger partial charge in [0, 0.05) is 50.5 Å². The Morgan fingerprint density at radius 3 is 3.00 bits per heavy atom. The van der Waals surface area contributed by atoms with Crippen LogP contribution in [0.2, 0.25) is 0 Å². The molecule has 0 saturated heterocycles. The fraction of sp³-hybridized carbons (Fsp3) is 0.765. The molecule has 1 aromatic heterocycles. The van der Waals surface area contributed by atoms with Crippen molar-refractivity contribution in [3.63, 3.8) is 0 Å². The predicted molar refractivity (Wildman–Crippen MR) is 90.1 cm³/mol. The summed E-state index contributed by atoms with van der Waals surface area (Å²) in [6.45, 7) is 5.85. The van der Waals surface area contributed by atoms with Crippen LogP contribution in [0.3, 0.4) is 0 Å². The van der Waals surface area contributed by atoms with Gasteiger partial charge in [-0.15, -0.1) is 0 Å². The molecule has 6 nitrogen and oxygen atoms in total. The zero-order chi connectivity index (χ0) is 16.8. The van der Waals surface area contributed by atoms with Crippen LogP contribution in [-0.4, -0.2) is 41.3 Å². The maximum Gasteiger partial charge on any atom is 0.223 e. The Labute approximate surface area is 138 Å². The van der Waals surface area contributed by atoms with Crippen molar-refractivity contribution in [3.8, 4) is 0 Å². The highest BCUT2D eigenvalue weighted by Gasteiger charge is 2.31. The van der Waals surface area contributed by atoms with Crippen LogP contribution in [0.15, 0.2) is 12.4 Å². The quantitative estimate of drug-likeness (QED) is 0.748. The number of aryl methyl sites for hydroxylation is 1. The maximum atomic E-state index is 12.3. The van der Waals surface area contributed by atoms with Crippen LogP contribution in [-0.2, 0) is 16.1 Å². The molecule has 6 heteroatoms. The summed E-state index contributed by atoms with van der Waals surface area (Å²) in [7, 11) is 1.67. The second-order valence-electron chi connectivity index (χ2n) is 6.73. The summed E-state index contributed by atoms with van der Waals surface area (Å²) in [5.41, 5.74) is 6.00. The van der Waals surface area contributed by atoms with Crippen molar-refractivity contribution < 1.29 is 9.53 Å². The third kappa shape index (κ3) is 4.78. The highest BCUT2D eigenvalue weighted by atomic mass is 16.5. The van der Waals surface area contributed by atoms with Gasteiger partial charge in [-0.25, -0.2) is 4.98 Å². The molecule has 3 atom stereocenters. The molecular weight excluding hydrogens is 292 g/mol. The lowest BCUT2D eigenvalue weighted by atomic mass is 9.83. The number of methoxy groups -OCH3 is 1. The van der Waals surface area contributed by atoms with Crippen molar-refractivity contribution in [3.05, 3.63) is 18.2 Å². The molecule has 130 valence electrons. The Balaban J connectivity index is 1.72. The summed E-state index contributed by atoms with van der Waals surface area (Å²) in [5, 5.41) is 3.05. The van der Waals surface area contributed by atoms with Crippen molar-refractivity contribution in [1.82, 2.24) is 14.9 Å². The number of hydrogen-bond donors (Lipinski definition) is 2. The van der Waals surface area contributed by atoms with E-state index in [-0.39, 0.29) is 24.0 Å². The summed E-state index contributed by atoms with van der Waals surface area (Å²) in [6.07, 6.45) is 7.17. The second kappa shape index (κ2) is 8.45. The molecule has 1 aromatic rings. The van der Waals surface area contributed by atoms with E-state index in [2.05, 4.69) is 28.7 Å². The van der Waals surface area contributed by atoms with Crippen molar-refractivity contribution >= 4 is 5.91 Å². The van der Waals surface area contributed by atoms with Crippen LogP contribution in [0, 0.1) is 5.92 Å². The molecule has 1 aliphatic rings. The Hall–Kier alpha value is -1.40. The molecule has 1 saturated carbocycles. The first-order chi connectivity index (χ1) is 11.0. The first-order valence-corrected chi connectivity index (χ1v) is 8.60. The van der Waals surface area contributed by atoms with Gasteiger partial charge in [-0.3, -0.25) is 4.79 Å². The second-order valence-corrected chi connectivity index (χ2v) is 6.73. The van der Waals surface area contributed by atoms with Crippen LogP contribution < -0.4 is 11.1 Å². The Morgan fingerprint density at radius 1 is 1.52 bits per heavy atom. The minimum Gasteiger partial charge on any atom is -0.380 e. The first kappa shape index (κ1) is 17.9. The van der Waals surface area contributed by atoms with Crippen molar-refractivity contribution in [1.29, 1.82) is 0 Å². The molecule has 0 unspecified atom stereocenters. The number of amides is 1. The topological polar surface area (TPSA) is 82.2 Å². The number of hydrogen-bond acceptors (Lipinski definition) is 4. The molecule has 0 bridgehead atoms. The van der Waals surface area contributed by atoms with Crippen LogP contribution in [0.5, 0.6) is 0 Å². The summed E-state index contributed by atoms with van der Waals surface area (Å²) in [5.74, 6) is 1.67. The molecule has 3 N–H and O–H groups in total. The first-order valence-electron chi connectivity index (χ1n) is 8.60. The predicted octanol–water partition coefficient (Wildman–Crippen LogP) is 1.66. The van der Waals surface area contributed by atoms with Gasteiger partial charge in [-0.2, -0.15) is 0 Å². The van der Waals surface area contributed by atoms with Crippen LogP contribution in [0.4, 0.5) is 0 Å². The largest absolute Gasteiger partial charge is 0.380 e. The van der Waals surface area contributed by atoms with Gasteiger partial charge in [-0.05, 0) is 25.7 Å². The molecule has 1 fully saturated rings. The zero-order valence-corrected chi connectivity index (χ0v) is 14.5. The number of nitrogens with zero attached hydrogens (tertiary/aromatic N) is 2. The van der Waals surface area contributed by atoms with Gasteiger partial charge in [-0.1, -0.05) is 13.8 Å². The minimum atomic E-state index is -0.000881. The molecule has 1 amide bonds. The van der Waals surface area contributed by atoms with Crippen molar-refractivity contribution in [2.75, 3.05) is 13.7 Å². The van der Waals surface area contributed by atoms with Gasteiger partial charge >= 0.3 is 0 Å². The summed E-state index contributed by atoms with van der Waals surface area (Å²) < 4.78 is 7.54. The van der Waals surface area contributed by atoms with E-state index in [9.17, 15) is 4.79 Å². The van der Waals surface area contributed by atoms with Crippen molar-refractivity contribution in [2.45, 2.75) is 64.1 Å². The van der Waals surface area contributed by atoms with Gasteiger partial charge < -0.3 is 20.4 Å². The third-order valence-corrected chi connectivity index (χ3v) is 4.66. The molecule has 0 aromatic carbocycles. The number of rotatable bonds is 7. The molecule has 0 radical (unpaired) electrons. The molecule has 1 heterocycles. The normalized spacial score (nSPS) is 24.8.